The smallest absolute Gasteiger partial charge is 0.248 e. The third kappa shape index (κ3) is 4.73. The summed E-state index contributed by atoms with van der Waals surface area (Å²) in [6, 6.07) is 14.0. The molecular weight excluding hydrogens is 334 g/mol. The van der Waals surface area contributed by atoms with Gasteiger partial charge >= 0.3 is 0 Å². The molecule has 1 aliphatic heterocycles. The van der Waals surface area contributed by atoms with Crippen molar-refractivity contribution >= 4 is 17.5 Å². The molecule has 2 aromatic carbocycles. The van der Waals surface area contributed by atoms with Gasteiger partial charge in [0.05, 0.1) is 0 Å². The number of anilines is 1. The van der Waals surface area contributed by atoms with Crippen LogP contribution in [0.2, 0.25) is 0 Å². The van der Waals surface area contributed by atoms with Crippen LogP contribution in [-0.2, 0) is 4.79 Å². The topological polar surface area (TPSA) is 103 Å². The van der Waals surface area contributed by atoms with Crippen LogP contribution in [0.5, 0.6) is 11.5 Å². The Morgan fingerprint density at radius 2 is 1.81 bits per heavy atom. The van der Waals surface area contributed by atoms with Gasteiger partial charge in [-0.3, -0.25) is 9.59 Å². The lowest BCUT2D eigenvalue weighted by Crippen LogP contribution is -2.39. The van der Waals surface area contributed by atoms with Crippen molar-refractivity contribution in [3.8, 4) is 11.5 Å². The van der Waals surface area contributed by atoms with Gasteiger partial charge in [0.25, 0.3) is 0 Å². The van der Waals surface area contributed by atoms with Crippen LogP contribution < -0.4 is 25.8 Å². The number of primary amides is 1. The van der Waals surface area contributed by atoms with Gasteiger partial charge in [-0.05, 0) is 36.4 Å². The predicted octanol–water partition coefficient (Wildman–Crippen LogP) is 1.54. The molecule has 1 aliphatic rings. The van der Waals surface area contributed by atoms with Gasteiger partial charge in [0.15, 0.2) is 11.5 Å². The second-order valence-electron chi connectivity index (χ2n) is 5.94. The van der Waals surface area contributed by atoms with Crippen molar-refractivity contribution in [3.05, 3.63) is 54.1 Å². The highest BCUT2D eigenvalue weighted by molar-refractivity contribution is 5.94. The Morgan fingerprint density at radius 3 is 2.54 bits per heavy atom. The maximum atomic E-state index is 11.9. The number of nitrogens with one attached hydrogen (secondary N) is 2. The van der Waals surface area contributed by atoms with Crippen molar-refractivity contribution in [3.63, 3.8) is 0 Å². The minimum absolute atomic E-state index is 0.0886. The molecule has 0 aliphatic carbocycles. The summed E-state index contributed by atoms with van der Waals surface area (Å²) < 4.78 is 11.5. The number of benzene rings is 2. The first-order chi connectivity index (χ1) is 12.6. The first kappa shape index (κ1) is 17.8. The first-order valence-electron chi connectivity index (χ1n) is 8.41. The number of hydrogen-bond acceptors (Lipinski definition) is 5. The van der Waals surface area contributed by atoms with Gasteiger partial charge in [0.1, 0.15) is 12.7 Å². The zero-order chi connectivity index (χ0) is 18.4. The fourth-order valence-corrected chi connectivity index (χ4v) is 2.57. The number of hydrogen-bond donors (Lipinski definition) is 3. The zero-order valence-corrected chi connectivity index (χ0v) is 14.2. The average molecular weight is 355 g/mol. The van der Waals surface area contributed by atoms with Gasteiger partial charge < -0.3 is 25.8 Å². The monoisotopic (exact) mass is 355 g/mol. The van der Waals surface area contributed by atoms with Gasteiger partial charge in [0, 0.05) is 30.8 Å². The molecule has 0 bridgehead atoms. The lowest BCUT2D eigenvalue weighted by atomic mass is 10.2. The van der Waals surface area contributed by atoms with Crippen LogP contribution in [0.3, 0.4) is 0 Å². The predicted molar refractivity (Wildman–Crippen MR) is 97.4 cm³/mol. The Bertz CT molecular complexity index is 777. The minimum atomic E-state index is -0.497. The molecular formula is C19H21N3O4. The number of ether oxygens (including phenoxy) is 2. The van der Waals surface area contributed by atoms with Gasteiger partial charge in [-0.2, -0.15) is 0 Å². The maximum Gasteiger partial charge on any atom is 0.248 e. The lowest BCUT2D eigenvalue weighted by molar-refractivity contribution is -0.116. The number of carbonyl (C=O) groups excluding carboxylic acids is 2. The van der Waals surface area contributed by atoms with Crippen LogP contribution in [0.25, 0.3) is 0 Å². The van der Waals surface area contributed by atoms with E-state index in [-0.39, 0.29) is 12.0 Å². The van der Waals surface area contributed by atoms with Crippen LogP contribution in [-0.4, -0.2) is 37.6 Å². The SMILES string of the molecule is NC(=O)c1ccc(NC(=O)CCNCC2COc3ccccc3O2)cc1. The van der Waals surface area contributed by atoms with Crippen molar-refractivity contribution in [1.29, 1.82) is 0 Å². The highest BCUT2D eigenvalue weighted by Gasteiger charge is 2.19. The normalized spacial score (nSPS) is 15.3. The van der Waals surface area contributed by atoms with Crippen molar-refractivity contribution in [2.75, 3.05) is 25.0 Å². The molecule has 1 heterocycles. The molecule has 7 heteroatoms. The molecule has 1 unspecified atom stereocenters. The molecule has 1 atom stereocenters. The van der Waals surface area contributed by atoms with E-state index >= 15 is 0 Å². The average Bonchev–Trinajstić information content (AvgIpc) is 2.65. The molecule has 26 heavy (non-hydrogen) atoms. The van der Waals surface area contributed by atoms with E-state index in [4.69, 9.17) is 15.2 Å². The van der Waals surface area contributed by atoms with Crippen molar-refractivity contribution in [2.45, 2.75) is 12.5 Å². The Morgan fingerprint density at radius 1 is 1.08 bits per heavy atom. The highest BCUT2D eigenvalue weighted by atomic mass is 16.6. The van der Waals surface area contributed by atoms with Crippen LogP contribution in [0.4, 0.5) is 5.69 Å². The number of para-hydroxylation sites is 2. The summed E-state index contributed by atoms with van der Waals surface area (Å²) in [5.41, 5.74) is 6.21. The molecule has 0 radical (unpaired) electrons. The third-order valence-electron chi connectivity index (χ3n) is 3.92. The largest absolute Gasteiger partial charge is 0.486 e. The number of amides is 2. The van der Waals surface area contributed by atoms with E-state index in [1.807, 2.05) is 24.3 Å². The summed E-state index contributed by atoms with van der Waals surface area (Å²) in [5, 5.41) is 5.97. The highest BCUT2D eigenvalue weighted by Crippen LogP contribution is 2.30. The van der Waals surface area contributed by atoms with E-state index in [0.29, 0.717) is 37.4 Å². The fraction of sp³-hybridized carbons (Fsp3) is 0.263. The van der Waals surface area contributed by atoms with E-state index in [1.165, 1.54) is 0 Å². The zero-order valence-electron chi connectivity index (χ0n) is 14.2. The van der Waals surface area contributed by atoms with E-state index in [2.05, 4.69) is 10.6 Å². The minimum Gasteiger partial charge on any atom is -0.486 e. The summed E-state index contributed by atoms with van der Waals surface area (Å²) in [6.45, 7) is 1.59. The fourth-order valence-electron chi connectivity index (χ4n) is 2.57. The molecule has 2 aromatic rings. The van der Waals surface area contributed by atoms with Crippen molar-refractivity contribution in [1.82, 2.24) is 5.32 Å². The Hall–Kier alpha value is -3.06. The summed E-state index contributed by atoms with van der Waals surface area (Å²) in [5.74, 6) is 0.882. The van der Waals surface area contributed by atoms with E-state index in [1.54, 1.807) is 24.3 Å². The number of fused-ring (bicyclic) bond motifs is 1. The van der Waals surface area contributed by atoms with Crippen LogP contribution in [0, 0.1) is 0 Å². The summed E-state index contributed by atoms with van der Waals surface area (Å²) in [7, 11) is 0. The maximum absolute atomic E-state index is 11.9. The standard InChI is InChI=1S/C19H21N3O4/c20-19(24)13-5-7-14(8-6-13)22-18(23)9-10-21-11-15-12-25-16-3-1-2-4-17(16)26-15/h1-8,15,21H,9-12H2,(H2,20,24)(H,22,23). The molecule has 4 N–H and O–H groups in total. The molecule has 7 nitrogen and oxygen atoms in total. The molecule has 2 amide bonds. The van der Waals surface area contributed by atoms with E-state index in [0.717, 1.165) is 11.5 Å². The third-order valence-corrected chi connectivity index (χ3v) is 3.92. The molecule has 0 aromatic heterocycles. The quantitative estimate of drug-likeness (QED) is 0.654. The lowest BCUT2D eigenvalue weighted by Gasteiger charge is -2.26. The first-order valence-corrected chi connectivity index (χ1v) is 8.41. The van der Waals surface area contributed by atoms with Gasteiger partial charge in [0.2, 0.25) is 11.8 Å². The Labute approximate surface area is 151 Å². The molecule has 136 valence electrons. The number of rotatable bonds is 7. The summed E-state index contributed by atoms with van der Waals surface area (Å²) in [6.07, 6.45) is 0.233. The van der Waals surface area contributed by atoms with E-state index < -0.39 is 5.91 Å². The molecule has 0 saturated heterocycles. The summed E-state index contributed by atoms with van der Waals surface area (Å²) >= 11 is 0. The Balaban J connectivity index is 1.36. The molecule has 0 saturated carbocycles. The number of carbonyl (C=O) groups is 2. The van der Waals surface area contributed by atoms with Crippen LogP contribution >= 0.6 is 0 Å². The second kappa shape index (κ2) is 8.35. The van der Waals surface area contributed by atoms with Crippen LogP contribution in [0.1, 0.15) is 16.8 Å². The van der Waals surface area contributed by atoms with Crippen molar-refractivity contribution in [2.24, 2.45) is 5.73 Å². The van der Waals surface area contributed by atoms with Gasteiger partial charge in [-0.15, -0.1) is 0 Å². The summed E-state index contributed by atoms with van der Waals surface area (Å²) in [4.78, 5) is 23.0. The van der Waals surface area contributed by atoms with Crippen LogP contribution in [0.15, 0.2) is 48.5 Å². The molecule has 0 spiro atoms. The molecule has 3 rings (SSSR count). The van der Waals surface area contributed by atoms with E-state index in [9.17, 15) is 9.59 Å². The van der Waals surface area contributed by atoms with Gasteiger partial charge in [-0.25, -0.2) is 0 Å². The van der Waals surface area contributed by atoms with Crippen molar-refractivity contribution < 1.29 is 19.1 Å². The second-order valence-corrected chi connectivity index (χ2v) is 5.94. The van der Waals surface area contributed by atoms with Gasteiger partial charge in [-0.1, -0.05) is 12.1 Å². The molecule has 0 fully saturated rings. The Kier molecular flexibility index (Phi) is 5.70. The number of nitrogens with two attached hydrogens (primary N) is 1.